The van der Waals surface area contributed by atoms with Crippen LogP contribution in [0.25, 0.3) is 0 Å². The number of amides is 2. The largest absolute Gasteiger partial charge is 0.334 e. The fourth-order valence-electron chi connectivity index (χ4n) is 2.29. The molecule has 0 unspecified atom stereocenters. The Bertz CT molecular complexity index is 712. The summed E-state index contributed by atoms with van der Waals surface area (Å²) < 4.78 is 0. The summed E-state index contributed by atoms with van der Waals surface area (Å²) in [5.41, 5.74) is -0.138. The van der Waals surface area contributed by atoms with E-state index in [0.717, 1.165) is 0 Å². The maximum absolute atomic E-state index is 12.3. The molecule has 7 nitrogen and oxygen atoms in total. The lowest BCUT2D eigenvalue weighted by Crippen LogP contribution is -2.50. The average Bonchev–Trinajstić information content (AvgIpc) is 3.09. The number of aromatic nitrogens is 2. The van der Waals surface area contributed by atoms with Gasteiger partial charge in [-0.05, 0) is 17.5 Å². The van der Waals surface area contributed by atoms with E-state index in [-0.39, 0.29) is 23.1 Å². The van der Waals surface area contributed by atoms with Crippen LogP contribution in [-0.2, 0) is 0 Å². The molecule has 1 fully saturated rings. The molecule has 0 spiro atoms. The number of carbonyl (C=O) groups excluding carboxylic acids is 2. The Labute approximate surface area is 130 Å². The van der Waals surface area contributed by atoms with E-state index in [9.17, 15) is 14.4 Å². The SMILES string of the molecule is O=C(c1ccc(=O)[nH]n1)N1CCN(C(=O)c2cccs2)CC1. The first-order valence-corrected chi connectivity index (χ1v) is 7.71. The highest BCUT2D eigenvalue weighted by molar-refractivity contribution is 7.12. The van der Waals surface area contributed by atoms with Crippen LogP contribution >= 0.6 is 11.3 Å². The van der Waals surface area contributed by atoms with Gasteiger partial charge in [0.05, 0.1) is 4.88 Å². The van der Waals surface area contributed by atoms with Crippen molar-refractivity contribution in [2.45, 2.75) is 0 Å². The van der Waals surface area contributed by atoms with Crippen LogP contribution in [0.4, 0.5) is 0 Å². The number of hydrogen-bond donors (Lipinski definition) is 1. The average molecular weight is 318 g/mol. The second-order valence-electron chi connectivity index (χ2n) is 4.87. The minimum Gasteiger partial charge on any atom is -0.334 e. The van der Waals surface area contributed by atoms with E-state index in [4.69, 9.17) is 0 Å². The van der Waals surface area contributed by atoms with Crippen LogP contribution in [0.5, 0.6) is 0 Å². The molecule has 114 valence electrons. The molecule has 0 bridgehead atoms. The molecule has 0 radical (unpaired) electrons. The molecule has 0 aliphatic carbocycles. The second-order valence-corrected chi connectivity index (χ2v) is 5.82. The van der Waals surface area contributed by atoms with Gasteiger partial charge in [0, 0.05) is 32.2 Å². The van der Waals surface area contributed by atoms with E-state index >= 15 is 0 Å². The van der Waals surface area contributed by atoms with E-state index in [2.05, 4.69) is 10.2 Å². The molecule has 2 aromatic rings. The summed E-state index contributed by atoms with van der Waals surface area (Å²) in [4.78, 5) is 39.5. The van der Waals surface area contributed by atoms with Gasteiger partial charge in [0.15, 0.2) is 0 Å². The maximum atomic E-state index is 12.3. The van der Waals surface area contributed by atoms with Crippen molar-refractivity contribution in [1.82, 2.24) is 20.0 Å². The fraction of sp³-hybridized carbons (Fsp3) is 0.286. The van der Waals surface area contributed by atoms with Crippen LogP contribution in [0.15, 0.2) is 34.4 Å². The number of piperazine rings is 1. The van der Waals surface area contributed by atoms with Gasteiger partial charge in [-0.15, -0.1) is 11.3 Å². The summed E-state index contributed by atoms with van der Waals surface area (Å²) in [7, 11) is 0. The van der Waals surface area contributed by atoms with E-state index < -0.39 is 0 Å². The third kappa shape index (κ3) is 2.91. The Morgan fingerprint density at radius 3 is 2.27 bits per heavy atom. The van der Waals surface area contributed by atoms with Crippen molar-refractivity contribution in [3.8, 4) is 0 Å². The summed E-state index contributed by atoms with van der Waals surface area (Å²) in [6, 6.07) is 6.33. The number of aromatic amines is 1. The first-order chi connectivity index (χ1) is 10.6. The van der Waals surface area contributed by atoms with Crippen molar-refractivity contribution >= 4 is 23.2 Å². The number of nitrogens with zero attached hydrogens (tertiary/aromatic N) is 3. The maximum Gasteiger partial charge on any atom is 0.274 e. The minimum absolute atomic E-state index is 0.00395. The highest BCUT2D eigenvalue weighted by Crippen LogP contribution is 2.14. The topological polar surface area (TPSA) is 86.4 Å². The van der Waals surface area contributed by atoms with Gasteiger partial charge in [-0.1, -0.05) is 6.07 Å². The lowest BCUT2D eigenvalue weighted by Gasteiger charge is -2.34. The third-order valence-electron chi connectivity index (χ3n) is 3.48. The van der Waals surface area contributed by atoms with Crippen LogP contribution in [0.2, 0.25) is 0 Å². The zero-order valence-electron chi connectivity index (χ0n) is 11.7. The van der Waals surface area contributed by atoms with Crippen molar-refractivity contribution in [3.05, 3.63) is 50.6 Å². The van der Waals surface area contributed by atoms with Gasteiger partial charge in [-0.2, -0.15) is 5.10 Å². The van der Waals surface area contributed by atoms with Crippen LogP contribution in [0.3, 0.4) is 0 Å². The zero-order valence-corrected chi connectivity index (χ0v) is 12.5. The van der Waals surface area contributed by atoms with Crippen LogP contribution < -0.4 is 5.56 Å². The first-order valence-electron chi connectivity index (χ1n) is 6.83. The molecule has 8 heteroatoms. The predicted octanol–water partition coefficient (Wildman–Crippen LogP) is 0.430. The Kier molecular flexibility index (Phi) is 4.01. The summed E-state index contributed by atoms with van der Waals surface area (Å²) in [6.45, 7) is 1.89. The lowest BCUT2D eigenvalue weighted by atomic mass is 10.2. The van der Waals surface area contributed by atoms with E-state index in [1.165, 1.54) is 23.5 Å². The van der Waals surface area contributed by atoms with E-state index in [0.29, 0.717) is 31.1 Å². The van der Waals surface area contributed by atoms with Crippen LogP contribution in [0.1, 0.15) is 20.2 Å². The normalized spacial score (nSPS) is 14.9. The molecular formula is C14H14N4O3S. The van der Waals surface area contributed by atoms with Crippen molar-refractivity contribution in [2.75, 3.05) is 26.2 Å². The van der Waals surface area contributed by atoms with Gasteiger partial charge >= 0.3 is 0 Å². The fourth-order valence-corrected chi connectivity index (χ4v) is 2.99. The second kappa shape index (κ2) is 6.10. The molecular weight excluding hydrogens is 304 g/mol. The molecule has 2 aromatic heterocycles. The highest BCUT2D eigenvalue weighted by Gasteiger charge is 2.26. The Hall–Kier alpha value is -2.48. The quantitative estimate of drug-likeness (QED) is 0.870. The molecule has 3 rings (SSSR count). The first kappa shape index (κ1) is 14.5. The zero-order chi connectivity index (χ0) is 15.5. The molecule has 3 heterocycles. The number of thiophene rings is 1. The Morgan fingerprint density at radius 2 is 1.73 bits per heavy atom. The number of nitrogens with one attached hydrogen (secondary N) is 1. The van der Waals surface area contributed by atoms with Gasteiger partial charge in [-0.3, -0.25) is 14.4 Å². The standard InChI is InChI=1S/C14H14N4O3S/c19-12-4-3-10(15-16-12)13(20)17-5-7-18(8-6-17)14(21)11-2-1-9-22-11/h1-4,9H,5-8H2,(H,16,19). The Balaban J connectivity index is 1.62. The van der Waals surface area contributed by atoms with Crippen molar-refractivity contribution in [2.24, 2.45) is 0 Å². The van der Waals surface area contributed by atoms with Gasteiger partial charge in [0.1, 0.15) is 5.69 Å². The van der Waals surface area contributed by atoms with Gasteiger partial charge < -0.3 is 9.80 Å². The van der Waals surface area contributed by atoms with Gasteiger partial charge in [0.2, 0.25) is 0 Å². The molecule has 0 saturated carbocycles. The molecule has 1 N–H and O–H groups in total. The van der Waals surface area contributed by atoms with Crippen molar-refractivity contribution in [3.63, 3.8) is 0 Å². The van der Waals surface area contributed by atoms with Crippen LogP contribution in [0, 0.1) is 0 Å². The molecule has 2 amide bonds. The summed E-state index contributed by atoms with van der Waals surface area (Å²) in [5, 5.41) is 7.86. The van der Waals surface area contributed by atoms with Gasteiger partial charge in [0.25, 0.3) is 17.4 Å². The summed E-state index contributed by atoms with van der Waals surface area (Å²) in [5.74, 6) is -0.233. The van der Waals surface area contributed by atoms with Crippen LogP contribution in [-0.4, -0.2) is 58.0 Å². The molecule has 22 heavy (non-hydrogen) atoms. The highest BCUT2D eigenvalue weighted by atomic mass is 32.1. The summed E-state index contributed by atoms with van der Waals surface area (Å²) >= 11 is 1.41. The molecule has 1 aliphatic heterocycles. The van der Waals surface area contributed by atoms with E-state index in [1.54, 1.807) is 15.9 Å². The van der Waals surface area contributed by atoms with Gasteiger partial charge in [-0.25, -0.2) is 5.10 Å². The minimum atomic E-state index is -0.345. The lowest BCUT2D eigenvalue weighted by molar-refractivity contribution is 0.0534. The molecule has 1 aliphatic rings. The third-order valence-corrected chi connectivity index (χ3v) is 4.34. The smallest absolute Gasteiger partial charge is 0.274 e. The van der Waals surface area contributed by atoms with E-state index in [1.807, 2.05) is 11.4 Å². The number of H-pyrrole nitrogens is 1. The Morgan fingerprint density at radius 1 is 1.05 bits per heavy atom. The molecule has 0 aromatic carbocycles. The molecule has 1 saturated heterocycles. The molecule has 0 atom stereocenters. The van der Waals surface area contributed by atoms with Crippen molar-refractivity contribution in [1.29, 1.82) is 0 Å². The number of hydrogen-bond acceptors (Lipinski definition) is 5. The predicted molar refractivity (Wildman–Crippen MR) is 81.0 cm³/mol. The monoisotopic (exact) mass is 318 g/mol. The summed E-state index contributed by atoms with van der Waals surface area (Å²) in [6.07, 6.45) is 0. The number of rotatable bonds is 2. The number of carbonyl (C=O) groups is 2. The van der Waals surface area contributed by atoms with Crippen molar-refractivity contribution < 1.29 is 9.59 Å².